The van der Waals surface area contributed by atoms with Gasteiger partial charge in [0.05, 0.1) is 19.1 Å². The Kier molecular flexibility index (Phi) is 6.43. The van der Waals surface area contributed by atoms with Crippen LogP contribution in [0.1, 0.15) is 25.0 Å². The highest BCUT2D eigenvalue weighted by Gasteiger charge is 2.41. The Morgan fingerprint density at radius 1 is 0.857 bits per heavy atom. The van der Waals surface area contributed by atoms with E-state index < -0.39 is 11.8 Å². The molecule has 0 aliphatic heterocycles. The van der Waals surface area contributed by atoms with Gasteiger partial charge in [-0.3, -0.25) is 9.59 Å². The lowest BCUT2D eigenvalue weighted by Crippen LogP contribution is -2.23. The fraction of sp³-hybridized carbons (Fsp3) is 0.250. The molecule has 0 saturated carbocycles. The van der Waals surface area contributed by atoms with Gasteiger partial charge >= 0.3 is 11.9 Å². The minimum atomic E-state index is -0.642. The molecule has 4 heteroatoms. The highest BCUT2D eigenvalue weighted by atomic mass is 16.5. The largest absolute Gasteiger partial charge is 0.465 e. The summed E-state index contributed by atoms with van der Waals surface area (Å²) in [5.74, 6) is -1.97. The lowest BCUT2D eigenvalue weighted by atomic mass is 9.88. The molecule has 4 nitrogen and oxygen atoms in total. The summed E-state index contributed by atoms with van der Waals surface area (Å²) in [4.78, 5) is 25.6. The van der Waals surface area contributed by atoms with Gasteiger partial charge in [0.25, 0.3) is 0 Å². The van der Waals surface area contributed by atoms with Crippen LogP contribution in [-0.2, 0) is 19.1 Å². The zero-order valence-electron chi connectivity index (χ0n) is 16.1. The van der Waals surface area contributed by atoms with Crippen LogP contribution < -0.4 is 0 Å². The second kappa shape index (κ2) is 9.18. The number of hydrogen-bond acceptors (Lipinski definition) is 4. The SMILES string of the molecule is CCOC(=O)C1C=C(c2ccccc2)C(C(=O)OCC)/C1=C/c1ccccc1. The molecule has 0 N–H and O–H groups in total. The molecule has 0 fully saturated rings. The second-order valence-corrected chi connectivity index (χ2v) is 6.46. The Morgan fingerprint density at radius 3 is 2.04 bits per heavy atom. The first-order valence-corrected chi connectivity index (χ1v) is 9.52. The molecule has 0 aromatic heterocycles. The maximum absolute atomic E-state index is 12.9. The Bertz CT molecular complexity index is 881. The third kappa shape index (κ3) is 4.22. The van der Waals surface area contributed by atoms with E-state index in [0.717, 1.165) is 16.7 Å². The Morgan fingerprint density at radius 2 is 1.43 bits per heavy atom. The molecule has 0 heterocycles. The Hall–Kier alpha value is -3.14. The van der Waals surface area contributed by atoms with E-state index in [1.807, 2.05) is 72.8 Å². The van der Waals surface area contributed by atoms with Gasteiger partial charge in [-0.25, -0.2) is 0 Å². The number of rotatable bonds is 6. The van der Waals surface area contributed by atoms with Crippen molar-refractivity contribution in [3.8, 4) is 0 Å². The van der Waals surface area contributed by atoms with Crippen molar-refractivity contribution in [1.29, 1.82) is 0 Å². The van der Waals surface area contributed by atoms with Gasteiger partial charge in [-0.2, -0.15) is 0 Å². The number of hydrogen-bond donors (Lipinski definition) is 0. The number of benzene rings is 2. The molecule has 2 aromatic carbocycles. The molecule has 1 aliphatic rings. The third-order valence-electron chi connectivity index (χ3n) is 4.65. The first-order chi connectivity index (χ1) is 13.7. The molecule has 2 atom stereocenters. The van der Waals surface area contributed by atoms with Crippen molar-refractivity contribution in [3.63, 3.8) is 0 Å². The summed E-state index contributed by atoms with van der Waals surface area (Å²) in [6.07, 6.45) is 3.74. The minimum Gasteiger partial charge on any atom is -0.465 e. The molecule has 0 spiro atoms. The van der Waals surface area contributed by atoms with Crippen LogP contribution in [0.3, 0.4) is 0 Å². The fourth-order valence-electron chi connectivity index (χ4n) is 3.46. The van der Waals surface area contributed by atoms with E-state index in [-0.39, 0.29) is 25.2 Å². The zero-order valence-corrected chi connectivity index (χ0v) is 16.1. The van der Waals surface area contributed by atoms with E-state index in [1.165, 1.54) is 0 Å². The number of esters is 2. The summed E-state index contributed by atoms with van der Waals surface area (Å²) in [5.41, 5.74) is 3.27. The molecular formula is C24H24O4. The van der Waals surface area contributed by atoms with Gasteiger partial charge in [-0.1, -0.05) is 72.8 Å². The van der Waals surface area contributed by atoms with E-state index in [1.54, 1.807) is 13.8 Å². The molecule has 144 valence electrons. The standard InChI is InChI=1S/C24H24O4/c1-3-27-23(25)21-16-19(18-13-9-6-10-14-18)22(24(26)28-4-2)20(21)15-17-11-7-5-8-12-17/h5-16,21-22H,3-4H2,1-2H3/b20-15+. The van der Waals surface area contributed by atoms with Crippen LogP contribution >= 0.6 is 0 Å². The topological polar surface area (TPSA) is 52.6 Å². The van der Waals surface area contributed by atoms with Crippen LogP contribution in [0.5, 0.6) is 0 Å². The van der Waals surface area contributed by atoms with E-state index in [0.29, 0.717) is 5.57 Å². The molecule has 0 radical (unpaired) electrons. The van der Waals surface area contributed by atoms with Crippen LogP contribution in [0.25, 0.3) is 11.6 Å². The van der Waals surface area contributed by atoms with Crippen molar-refractivity contribution in [3.05, 3.63) is 83.4 Å². The quantitative estimate of drug-likeness (QED) is 0.695. The summed E-state index contributed by atoms with van der Waals surface area (Å²) in [6, 6.07) is 19.3. The number of ether oxygens (including phenoxy) is 2. The summed E-state index contributed by atoms with van der Waals surface area (Å²) in [5, 5.41) is 0. The smallest absolute Gasteiger partial charge is 0.317 e. The van der Waals surface area contributed by atoms with E-state index >= 15 is 0 Å². The van der Waals surface area contributed by atoms with Crippen molar-refractivity contribution in [2.24, 2.45) is 11.8 Å². The normalized spacial score (nSPS) is 19.9. The highest BCUT2D eigenvalue weighted by molar-refractivity contribution is 6.00. The van der Waals surface area contributed by atoms with Gasteiger partial charge in [0, 0.05) is 0 Å². The van der Waals surface area contributed by atoms with Crippen LogP contribution in [-0.4, -0.2) is 25.2 Å². The van der Waals surface area contributed by atoms with Crippen molar-refractivity contribution >= 4 is 23.6 Å². The first kappa shape index (κ1) is 19.6. The van der Waals surface area contributed by atoms with Crippen molar-refractivity contribution in [1.82, 2.24) is 0 Å². The van der Waals surface area contributed by atoms with E-state index in [4.69, 9.17) is 9.47 Å². The van der Waals surface area contributed by atoms with Crippen LogP contribution in [0, 0.1) is 11.8 Å². The van der Waals surface area contributed by atoms with Crippen molar-refractivity contribution < 1.29 is 19.1 Å². The lowest BCUT2D eigenvalue weighted by Gasteiger charge is -2.18. The molecule has 0 amide bonds. The second-order valence-electron chi connectivity index (χ2n) is 6.46. The van der Waals surface area contributed by atoms with Gasteiger partial charge < -0.3 is 9.47 Å². The summed E-state index contributed by atoms with van der Waals surface area (Å²) in [6.45, 7) is 4.12. The average molecular weight is 376 g/mol. The maximum Gasteiger partial charge on any atom is 0.317 e. The van der Waals surface area contributed by atoms with Gasteiger partial charge in [0.1, 0.15) is 5.92 Å². The Labute approximate surface area is 165 Å². The van der Waals surface area contributed by atoms with E-state index in [2.05, 4.69) is 0 Å². The van der Waals surface area contributed by atoms with Gasteiger partial charge in [0.2, 0.25) is 0 Å². The molecular weight excluding hydrogens is 352 g/mol. The predicted molar refractivity (Wildman–Crippen MR) is 109 cm³/mol. The van der Waals surface area contributed by atoms with Gasteiger partial charge in [0.15, 0.2) is 0 Å². The molecule has 1 aliphatic carbocycles. The van der Waals surface area contributed by atoms with Crippen LogP contribution in [0.2, 0.25) is 0 Å². The fourth-order valence-corrected chi connectivity index (χ4v) is 3.46. The molecule has 2 aromatic rings. The summed E-state index contributed by atoms with van der Waals surface area (Å²) < 4.78 is 10.7. The monoisotopic (exact) mass is 376 g/mol. The van der Waals surface area contributed by atoms with Crippen molar-refractivity contribution in [2.75, 3.05) is 13.2 Å². The molecule has 28 heavy (non-hydrogen) atoms. The van der Waals surface area contributed by atoms with Crippen molar-refractivity contribution in [2.45, 2.75) is 13.8 Å². The summed E-state index contributed by atoms with van der Waals surface area (Å²) >= 11 is 0. The minimum absolute atomic E-state index is 0.278. The molecule has 3 rings (SSSR count). The molecule has 0 bridgehead atoms. The average Bonchev–Trinajstić information content (AvgIpc) is 3.09. The third-order valence-corrected chi connectivity index (χ3v) is 4.65. The molecule has 0 saturated heterocycles. The molecule has 2 unspecified atom stereocenters. The highest BCUT2D eigenvalue weighted by Crippen LogP contribution is 2.43. The maximum atomic E-state index is 12.9. The number of carbonyl (C=O) groups is 2. The zero-order chi connectivity index (χ0) is 19.9. The summed E-state index contributed by atoms with van der Waals surface area (Å²) in [7, 11) is 0. The van der Waals surface area contributed by atoms with E-state index in [9.17, 15) is 9.59 Å². The number of carbonyl (C=O) groups excluding carboxylic acids is 2. The van der Waals surface area contributed by atoms with Gasteiger partial charge in [-0.05, 0) is 36.1 Å². The first-order valence-electron chi connectivity index (χ1n) is 9.52. The van der Waals surface area contributed by atoms with Gasteiger partial charge in [-0.15, -0.1) is 0 Å². The predicted octanol–water partition coefficient (Wildman–Crippen LogP) is 4.53. The lowest BCUT2D eigenvalue weighted by molar-refractivity contribution is -0.146. The Balaban J connectivity index is 2.12. The van der Waals surface area contributed by atoms with Crippen LogP contribution in [0.15, 0.2) is 72.3 Å². The van der Waals surface area contributed by atoms with Crippen LogP contribution in [0.4, 0.5) is 0 Å².